The van der Waals surface area contributed by atoms with Gasteiger partial charge in [0.05, 0.1) is 24.7 Å². The van der Waals surface area contributed by atoms with Gasteiger partial charge in [-0.1, -0.05) is 40.2 Å². The minimum absolute atomic E-state index is 0.0334. The van der Waals surface area contributed by atoms with E-state index >= 15 is 0 Å². The monoisotopic (exact) mass is 516 g/mol. The summed E-state index contributed by atoms with van der Waals surface area (Å²) in [6.45, 7) is 2.47. The first-order valence-electron chi connectivity index (χ1n) is 10.1. The molecular formula is C23H21BrN2O5S. The summed E-state index contributed by atoms with van der Waals surface area (Å²) in [5.74, 6) is 0.184. The molecule has 0 atom stereocenters. The van der Waals surface area contributed by atoms with Crippen LogP contribution < -0.4 is 4.74 Å². The molecule has 0 spiro atoms. The number of halogens is 1. The topological polar surface area (TPSA) is 76.2 Å². The Hall–Kier alpha value is -2.62. The second-order valence-corrected chi connectivity index (χ2v) is 9.15. The molecule has 0 N–H and O–H groups in total. The van der Waals surface area contributed by atoms with Gasteiger partial charge in [0.25, 0.3) is 17.1 Å². The number of hydrogen-bond donors (Lipinski definition) is 0. The molecule has 166 valence electrons. The Labute approximate surface area is 198 Å². The predicted molar refractivity (Wildman–Crippen MR) is 125 cm³/mol. The van der Waals surface area contributed by atoms with E-state index in [1.807, 2.05) is 24.3 Å². The van der Waals surface area contributed by atoms with Gasteiger partial charge in [-0.05, 0) is 53.2 Å². The normalized spacial score (nSPS) is 17.8. The van der Waals surface area contributed by atoms with Crippen LogP contribution in [-0.4, -0.2) is 59.8 Å². The van der Waals surface area contributed by atoms with Crippen LogP contribution in [0.25, 0.3) is 6.08 Å². The van der Waals surface area contributed by atoms with E-state index in [1.54, 1.807) is 35.2 Å². The smallest absolute Gasteiger partial charge is 0.293 e. The van der Waals surface area contributed by atoms with Crippen molar-refractivity contribution < 1.29 is 23.9 Å². The molecule has 0 unspecified atom stereocenters. The Morgan fingerprint density at radius 1 is 1.06 bits per heavy atom. The number of hydrogen-bond acceptors (Lipinski definition) is 6. The van der Waals surface area contributed by atoms with Crippen molar-refractivity contribution in [3.8, 4) is 5.75 Å². The van der Waals surface area contributed by atoms with Crippen LogP contribution in [0.5, 0.6) is 5.75 Å². The molecule has 0 radical (unpaired) electrons. The van der Waals surface area contributed by atoms with Gasteiger partial charge in [0.2, 0.25) is 0 Å². The van der Waals surface area contributed by atoms with Crippen LogP contribution >= 0.6 is 27.7 Å². The molecule has 2 aromatic carbocycles. The van der Waals surface area contributed by atoms with E-state index in [9.17, 15) is 14.4 Å². The SMILES string of the molecule is O=C(COc1ccc(/C=C2/SC(=O)N(Cc3ccc(Br)cc3)C2=O)cc1)N1CCOCC1. The van der Waals surface area contributed by atoms with Crippen LogP contribution in [0.1, 0.15) is 11.1 Å². The van der Waals surface area contributed by atoms with E-state index < -0.39 is 0 Å². The summed E-state index contributed by atoms with van der Waals surface area (Å²) in [6.07, 6.45) is 1.69. The van der Waals surface area contributed by atoms with E-state index in [0.29, 0.717) is 37.0 Å². The summed E-state index contributed by atoms with van der Waals surface area (Å²) in [4.78, 5) is 40.6. The van der Waals surface area contributed by atoms with Gasteiger partial charge < -0.3 is 14.4 Å². The second kappa shape index (κ2) is 10.3. The predicted octanol–water partition coefficient (Wildman–Crippen LogP) is 3.92. The Morgan fingerprint density at radius 3 is 2.44 bits per heavy atom. The van der Waals surface area contributed by atoms with E-state index in [2.05, 4.69) is 15.9 Å². The molecule has 7 nitrogen and oxygen atoms in total. The molecular weight excluding hydrogens is 496 g/mol. The van der Waals surface area contributed by atoms with Crippen molar-refractivity contribution in [3.63, 3.8) is 0 Å². The van der Waals surface area contributed by atoms with Crippen molar-refractivity contribution in [1.82, 2.24) is 9.80 Å². The summed E-state index contributed by atoms with van der Waals surface area (Å²) < 4.78 is 11.8. The van der Waals surface area contributed by atoms with Crippen LogP contribution in [0.4, 0.5) is 4.79 Å². The third kappa shape index (κ3) is 5.59. The Bertz CT molecular complexity index is 1030. The van der Waals surface area contributed by atoms with Crippen molar-refractivity contribution in [2.24, 2.45) is 0 Å². The fourth-order valence-corrected chi connectivity index (χ4v) is 4.37. The highest BCUT2D eigenvalue weighted by molar-refractivity contribution is 9.10. The van der Waals surface area contributed by atoms with Gasteiger partial charge in [0.1, 0.15) is 5.75 Å². The molecule has 0 bridgehead atoms. The Balaban J connectivity index is 1.35. The largest absolute Gasteiger partial charge is 0.484 e. The molecule has 32 heavy (non-hydrogen) atoms. The number of imide groups is 1. The lowest BCUT2D eigenvalue weighted by Gasteiger charge is -2.26. The van der Waals surface area contributed by atoms with E-state index in [4.69, 9.17) is 9.47 Å². The van der Waals surface area contributed by atoms with Gasteiger partial charge in [-0.25, -0.2) is 0 Å². The molecule has 2 aromatic rings. The van der Waals surface area contributed by atoms with Gasteiger partial charge in [-0.3, -0.25) is 19.3 Å². The number of amides is 3. The first-order chi connectivity index (χ1) is 15.5. The highest BCUT2D eigenvalue weighted by Gasteiger charge is 2.34. The molecule has 2 fully saturated rings. The standard InChI is InChI=1S/C23H21BrN2O5S/c24-18-5-1-17(2-6-18)14-26-22(28)20(32-23(26)29)13-16-3-7-19(8-4-16)31-15-21(27)25-9-11-30-12-10-25/h1-8,13H,9-12,14-15H2/b20-13+. The minimum atomic E-state index is -0.306. The summed E-state index contributed by atoms with van der Waals surface area (Å²) in [7, 11) is 0. The quantitative estimate of drug-likeness (QED) is 0.541. The first-order valence-corrected chi connectivity index (χ1v) is 11.7. The van der Waals surface area contributed by atoms with Crippen LogP contribution in [0.15, 0.2) is 57.9 Å². The maximum Gasteiger partial charge on any atom is 0.293 e. The molecule has 2 aliphatic heterocycles. The molecule has 0 aliphatic carbocycles. The summed E-state index contributed by atoms with van der Waals surface area (Å²) >= 11 is 4.31. The van der Waals surface area contributed by atoms with Crippen molar-refractivity contribution >= 4 is 50.8 Å². The number of rotatable bonds is 6. The van der Waals surface area contributed by atoms with E-state index in [-0.39, 0.29) is 30.2 Å². The van der Waals surface area contributed by atoms with Crippen molar-refractivity contribution in [3.05, 3.63) is 69.0 Å². The zero-order valence-corrected chi connectivity index (χ0v) is 19.6. The van der Waals surface area contributed by atoms with Crippen LogP contribution in [0, 0.1) is 0 Å². The van der Waals surface area contributed by atoms with E-state index in [1.165, 1.54) is 4.90 Å². The first kappa shape index (κ1) is 22.6. The molecule has 2 saturated heterocycles. The number of nitrogens with zero attached hydrogens (tertiary/aromatic N) is 2. The van der Waals surface area contributed by atoms with Gasteiger partial charge in [-0.2, -0.15) is 0 Å². The molecule has 0 saturated carbocycles. The zero-order valence-electron chi connectivity index (χ0n) is 17.2. The Morgan fingerprint density at radius 2 is 1.75 bits per heavy atom. The second-order valence-electron chi connectivity index (χ2n) is 7.25. The number of benzene rings is 2. The third-order valence-corrected chi connectivity index (χ3v) is 6.47. The van der Waals surface area contributed by atoms with Gasteiger partial charge in [0, 0.05) is 17.6 Å². The average molecular weight is 517 g/mol. The van der Waals surface area contributed by atoms with Crippen molar-refractivity contribution in [2.75, 3.05) is 32.9 Å². The number of carbonyl (C=O) groups is 3. The lowest BCUT2D eigenvalue weighted by molar-refractivity contribution is -0.137. The van der Waals surface area contributed by atoms with Crippen LogP contribution in [0.2, 0.25) is 0 Å². The zero-order chi connectivity index (χ0) is 22.5. The average Bonchev–Trinajstić information content (AvgIpc) is 3.07. The van der Waals surface area contributed by atoms with Gasteiger partial charge in [-0.15, -0.1) is 0 Å². The van der Waals surface area contributed by atoms with Crippen molar-refractivity contribution in [1.29, 1.82) is 0 Å². The molecule has 2 aliphatic rings. The lowest BCUT2D eigenvalue weighted by Crippen LogP contribution is -2.42. The number of ether oxygens (including phenoxy) is 2. The lowest BCUT2D eigenvalue weighted by atomic mass is 10.2. The highest BCUT2D eigenvalue weighted by atomic mass is 79.9. The van der Waals surface area contributed by atoms with Crippen LogP contribution in [0.3, 0.4) is 0 Å². The summed E-state index contributed by atoms with van der Waals surface area (Å²) in [5, 5.41) is -0.286. The highest BCUT2D eigenvalue weighted by Crippen LogP contribution is 2.33. The molecule has 4 rings (SSSR count). The molecule has 2 heterocycles. The fraction of sp³-hybridized carbons (Fsp3) is 0.261. The molecule has 9 heteroatoms. The number of thioether (sulfide) groups is 1. The van der Waals surface area contributed by atoms with Gasteiger partial charge >= 0.3 is 0 Å². The van der Waals surface area contributed by atoms with Crippen molar-refractivity contribution in [2.45, 2.75) is 6.54 Å². The maximum absolute atomic E-state index is 12.7. The Kier molecular flexibility index (Phi) is 7.29. The van der Waals surface area contributed by atoms with Crippen LogP contribution in [-0.2, 0) is 20.9 Å². The third-order valence-electron chi connectivity index (χ3n) is 5.03. The molecule has 0 aromatic heterocycles. The molecule has 3 amide bonds. The maximum atomic E-state index is 12.7. The van der Waals surface area contributed by atoms with E-state index in [0.717, 1.165) is 27.4 Å². The summed E-state index contributed by atoms with van der Waals surface area (Å²) in [5.41, 5.74) is 1.65. The number of morpholine rings is 1. The fourth-order valence-electron chi connectivity index (χ4n) is 3.27. The minimum Gasteiger partial charge on any atom is -0.484 e. The summed E-state index contributed by atoms with van der Waals surface area (Å²) in [6, 6.07) is 14.6. The number of carbonyl (C=O) groups excluding carboxylic acids is 3. The van der Waals surface area contributed by atoms with Gasteiger partial charge in [0.15, 0.2) is 6.61 Å².